The molecule has 108 valence electrons. The molecular weight excluding hydrogens is 271 g/mol. The zero-order chi connectivity index (χ0) is 15.0. The highest BCUT2D eigenvalue weighted by Gasteiger charge is 2.08. The van der Waals surface area contributed by atoms with E-state index in [9.17, 15) is 4.39 Å². The predicted molar refractivity (Wildman–Crippen MR) is 79.8 cm³/mol. The molecule has 0 spiro atoms. The molecule has 0 saturated heterocycles. The second kappa shape index (κ2) is 5.01. The quantitative estimate of drug-likeness (QED) is 0.773. The van der Waals surface area contributed by atoms with Gasteiger partial charge in [-0.15, -0.1) is 0 Å². The highest BCUT2D eigenvalue weighted by atomic mass is 19.1. The Morgan fingerprint density at radius 2 is 2.14 bits per heavy atom. The topological polar surface area (TPSA) is 81.7 Å². The van der Waals surface area contributed by atoms with Gasteiger partial charge in [-0.25, -0.2) is 14.4 Å². The number of anilines is 3. The minimum absolute atomic E-state index is 0.181. The molecule has 3 aromatic rings. The summed E-state index contributed by atoms with van der Waals surface area (Å²) in [6, 6.07) is 5.78. The minimum Gasteiger partial charge on any atom is -0.381 e. The van der Waals surface area contributed by atoms with Crippen molar-refractivity contribution in [1.29, 1.82) is 0 Å². The second-order valence-corrected chi connectivity index (χ2v) is 4.66. The monoisotopic (exact) mass is 286 g/mol. The summed E-state index contributed by atoms with van der Waals surface area (Å²) < 4.78 is 15.2. The van der Waals surface area contributed by atoms with Crippen LogP contribution in [0.2, 0.25) is 0 Å². The maximum atomic E-state index is 13.0. The van der Waals surface area contributed by atoms with Gasteiger partial charge in [0, 0.05) is 12.2 Å². The van der Waals surface area contributed by atoms with Gasteiger partial charge in [-0.3, -0.25) is 0 Å². The summed E-state index contributed by atoms with van der Waals surface area (Å²) in [5, 5.41) is 2.99. The molecule has 0 radical (unpaired) electrons. The first kappa shape index (κ1) is 13.3. The summed E-state index contributed by atoms with van der Waals surface area (Å²) in [6.07, 6.45) is 1.04. The molecule has 1 aromatic carbocycles. The number of nitrogens with one attached hydrogen (secondary N) is 1. The second-order valence-electron chi connectivity index (χ2n) is 4.66. The molecule has 0 fully saturated rings. The van der Waals surface area contributed by atoms with E-state index in [-0.39, 0.29) is 11.8 Å². The predicted octanol–water partition coefficient (Wildman–Crippen LogP) is 2.62. The molecule has 2 aromatic heterocycles. The van der Waals surface area contributed by atoms with Crippen LogP contribution in [-0.2, 0) is 6.54 Å². The number of nitrogens with zero attached hydrogens (tertiary/aromatic N) is 4. The fraction of sp³-hybridized carbons (Fsp3) is 0.214. The number of aryl methyl sites for hydroxylation is 2. The summed E-state index contributed by atoms with van der Waals surface area (Å²) in [5.41, 5.74) is 8.15. The van der Waals surface area contributed by atoms with E-state index in [2.05, 4.69) is 31.8 Å². The molecule has 0 atom stereocenters. The van der Waals surface area contributed by atoms with Crippen molar-refractivity contribution >= 4 is 28.5 Å². The van der Waals surface area contributed by atoms with Crippen LogP contribution in [0.5, 0.6) is 0 Å². The number of aromatic nitrogens is 4. The first-order valence-electron chi connectivity index (χ1n) is 6.60. The Hall–Kier alpha value is -2.70. The van der Waals surface area contributed by atoms with Gasteiger partial charge in [0.05, 0.1) is 17.2 Å². The Balaban J connectivity index is 1.96. The molecule has 0 amide bonds. The number of nitrogens with two attached hydrogens (primary N) is 1. The van der Waals surface area contributed by atoms with Crippen LogP contribution >= 0.6 is 0 Å². The zero-order valence-corrected chi connectivity index (χ0v) is 11.8. The molecule has 0 bridgehead atoms. The van der Waals surface area contributed by atoms with E-state index in [0.717, 1.165) is 35.3 Å². The van der Waals surface area contributed by atoms with E-state index in [4.69, 9.17) is 5.73 Å². The van der Waals surface area contributed by atoms with Crippen molar-refractivity contribution < 1.29 is 4.39 Å². The van der Waals surface area contributed by atoms with Gasteiger partial charge in [-0.05, 0) is 32.0 Å². The highest BCUT2D eigenvalue weighted by molar-refractivity contribution is 5.81. The minimum atomic E-state index is -0.631. The van der Waals surface area contributed by atoms with Crippen LogP contribution in [0.3, 0.4) is 0 Å². The third-order valence-corrected chi connectivity index (χ3v) is 3.28. The third kappa shape index (κ3) is 2.37. The Kier molecular flexibility index (Phi) is 3.17. The number of nitrogen functional groups attached to an aromatic ring is 1. The molecule has 0 aliphatic carbocycles. The fourth-order valence-corrected chi connectivity index (χ4v) is 2.30. The van der Waals surface area contributed by atoms with Gasteiger partial charge in [0.25, 0.3) is 0 Å². The molecule has 7 heteroatoms. The van der Waals surface area contributed by atoms with Gasteiger partial charge in [0.15, 0.2) is 11.6 Å². The van der Waals surface area contributed by atoms with Crippen molar-refractivity contribution in [3.63, 3.8) is 0 Å². The van der Waals surface area contributed by atoms with Gasteiger partial charge in [0.1, 0.15) is 5.82 Å². The summed E-state index contributed by atoms with van der Waals surface area (Å²) in [7, 11) is 0. The maximum Gasteiger partial charge on any atom is 0.229 e. The number of hydrogen-bond acceptors (Lipinski definition) is 5. The van der Waals surface area contributed by atoms with Crippen LogP contribution < -0.4 is 11.1 Å². The smallest absolute Gasteiger partial charge is 0.229 e. The lowest BCUT2D eigenvalue weighted by molar-refractivity contribution is 0.620. The van der Waals surface area contributed by atoms with E-state index in [0.29, 0.717) is 0 Å². The van der Waals surface area contributed by atoms with Crippen molar-refractivity contribution in [3.8, 4) is 0 Å². The number of halogens is 1. The van der Waals surface area contributed by atoms with Crippen molar-refractivity contribution in [2.75, 3.05) is 11.1 Å². The normalized spacial score (nSPS) is 11.0. The van der Waals surface area contributed by atoms with Crippen molar-refractivity contribution in [1.82, 2.24) is 19.5 Å². The number of hydrogen-bond donors (Lipinski definition) is 2. The summed E-state index contributed by atoms with van der Waals surface area (Å²) in [4.78, 5) is 12.2. The molecule has 0 aliphatic heterocycles. The fourth-order valence-electron chi connectivity index (χ4n) is 2.30. The van der Waals surface area contributed by atoms with Gasteiger partial charge in [0.2, 0.25) is 5.95 Å². The number of fused-ring (bicyclic) bond motifs is 1. The lowest BCUT2D eigenvalue weighted by Gasteiger charge is -2.06. The molecule has 3 rings (SSSR count). The molecule has 0 saturated carbocycles. The Morgan fingerprint density at radius 3 is 2.86 bits per heavy atom. The van der Waals surface area contributed by atoms with Crippen LogP contribution in [0.15, 0.2) is 24.4 Å². The molecular formula is C14H15FN6. The Labute approximate surface area is 120 Å². The van der Waals surface area contributed by atoms with Crippen molar-refractivity contribution in [2.45, 2.75) is 20.4 Å². The first-order chi connectivity index (χ1) is 10.1. The summed E-state index contributed by atoms with van der Waals surface area (Å²) in [6.45, 7) is 4.92. The molecule has 0 aliphatic rings. The van der Waals surface area contributed by atoms with Crippen LogP contribution in [-0.4, -0.2) is 19.5 Å². The average molecular weight is 286 g/mol. The molecule has 6 nitrogen and oxygen atoms in total. The van der Waals surface area contributed by atoms with Crippen molar-refractivity contribution in [2.24, 2.45) is 0 Å². The van der Waals surface area contributed by atoms with E-state index in [1.165, 1.54) is 0 Å². The van der Waals surface area contributed by atoms with Gasteiger partial charge < -0.3 is 15.6 Å². The van der Waals surface area contributed by atoms with E-state index in [1.807, 2.05) is 25.1 Å². The van der Waals surface area contributed by atoms with E-state index < -0.39 is 5.82 Å². The van der Waals surface area contributed by atoms with Gasteiger partial charge in [-0.1, -0.05) is 0 Å². The zero-order valence-electron chi connectivity index (χ0n) is 11.8. The standard InChI is InChI=1S/C14H15FN6/c1-3-21-8(2)18-11-6-9(4-5-12(11)21)19-14-17-7-10(15)13(16)20-14/h4-7H,3H2,1-2H3,(H3,16,17,19,20). The third-order valence-electron chi connectivity index (χ3n) is 3.28. The molecule has 3 N–H and O–H groups in total. The molecule has 0 unspecified atom stereocenters. The van der Waals surface area contributed by atoms with Crippen molar-refractivity contribution in [3.05, 3.63) is 36.0 Å². The number of benzene rings is 1. The molecule has 2 heterocycles. The lowest BCUT2D eigenvalue weighted by Crippen LogP contribution is -2.02. The number of rotatable bonds is 3. The average Bonchev–Trinajstić information content (AvgIpc) is 2.77. The van der Waals surface area contributed by atoms with Crippen LogP contribution in [0.25, 0.3) is 11.0 Å². The Bertz CT molecular complexity index is 811. The van der Waals surface area contributed by atoms with Crippen LogP contribution in [0.4, 0.5) is 21.8 Å². The SMILES string of the molecule is CCn1c(C)nc2cc(Nc3ncc(F)c(N)n3)ccc21. The van der Waals surface area contributed by atoms with Gasteiger partial charge >= 0.3 is 0 Å². The van der Waals surface area contributed by atoms with Gasteiger partial charge in [-0.2, -0.15) is 4.98 Å². The van der Waals surface area contributed by atoms with Crippen LogP contribution in [0.1, 0.15) is 12.7 Å². The molecule has 21 heavy (non-hydrogen) atoms. The van der Waals surface area contributed by atoms with Crippen LogP contribution in [0, 0.1) is 12.7 Å². The van der Waals surface area contributed by atoms with E-state index in [1.54, 1.807) is 0 Å². The summed E-state index contributed by atoms with van der Waals surface area (Å²) >= 11 is 0. The summed E-state index contributed by atoms with van der Waals surface area (Å²) in [5.74, 6) is 0.403. The highest BCUT2D eigenvalue weighted by Crippen LogP contribution is 2.22. The first-order valence-corrected chi connectivity index (χ1v) is 6.60. The lowest BCUT2D eigenvalue weighted by atomic mass is 10.2. The largest absolute Gasteiger partial charge is 0.381 e. The van der Waals surface area contributed by atoms with E-state index >= 15 is 0 Å². The number of imidazole rings is 1. The maximum absolute atomic E-state index is 13.0. The Morgan fingerprint density at radius 1 is 1.33 bits per heavy atom.